The van der Waals surface area contributed by atoms with Gasteiger partial charge in [-0.2, -0.15) is 0 Å². The molecule has 2 aromatic carbocycles. The van der Waals surface area contributed by atoms with E-state index in [4.69, 9.17) is 9.47 Å². The van der Waals surface area contributed by atoms with Gasteiger partial charge in [-0.1, -0.05) is 36.4 Å². The van der Waals surface area contributed by atoms with Gasteiger partial charge in [-0.3, -0.25) is 0 Å². The summed E-state index contributed by atoms with van der Waals surface area (Å²) >= 11 is 0. The lowest BCUT2D eigenvalue weighted by Gasteiger charge is -2.25. The molecule has 2 N–H and O–H groups in total. The Morgan fingerprint density at radius 1 is 0.658 bits per heavy atom. The van der Waals surface area contributed by atoms with Crippen LogP contribution >= 0.6 is 0 Å². The Kier molecular flexibility index (Phi) is 6.70. The van der Waals surface area contributed by atoms with Crippen LogP contribution in [0.1, 0.15) is 64.5 Å². The molecule has 4 atom stereocenters. The van der Waals surface area contributed by atoms with Crippen molar-refractivity contribution in [3.05, 3.63) is 59.7 Å². The number of fused-ring (bicyclic) bond motifs is 6. The number of benzene rings is 2. The Hall–Kier alpha value is -3.42. The maximum atomic E-state index is 12.1. The van der Waals surface area contributed by atoms with Crippen LogP contribution in [-0.4, -0.2) is 71.5 Å². The van der Waals surface area contributed by atoms with E-state index in [2.05, 4.69) is 47.0 Å². The van der Waals surface area contributed by atoms with Gasteiger partial charge in [-0.25, -0.2) is 9.59 Å². The maximum absolute atomic E-state index is 12.1. The summed E-state index contributed by atoms with van der Waals surface area (Å²) in [4.78, 5) is 27.8. The number of ether oxygens (including phenoxy) is 2. The lowest BCUT2D eigenvalue weighted by molar-refractivity contribution is 0.0280. The zero-order valence-electron chi connectivity index (χ0n) is 23.3. The van der Waals surface area contributed by atoms with E-state index >= 15 is 0 Å². The molecule has 2 amide bonds. The van der Waals surface area contributed by atoms with Gasteiger partial charge in [0, 0.05) is 49.4 Å². The molecule has 38 heavy (non-hydrogen) atoms. The summed E-state index contributed by atoms with van der Waals surface area (Å²) in [7, 11) is 0. The first-order valence-corrected chi connectivity index (χ1v) is 13.5. The summed E-state index contributed by atoms with van der Waals surface area (Å²) in [6.07, 6.45) is -0.414. The highest BCUT2D eigenvalue weighted by Gasteiger charge is 2.43. The van der Waals surface area contributed by atoms with Crippen molar-refractivity contribution in [3.63, 3.8) is 0 Å². The fourth-order valence-electron chi connectivity index (χ4n) is 5.78. The zero-order valence-corrected chi connectivity index (χ0v) is 23.3. The SMILES string of the molecule is CC(C)(C)OC(=O)N1C[C@@H]2Nc3ccccc3[C@@H]2C1.CC(C)(C)OC(=O)N1C[C@@H]2c3ccccc3N[C@@H]2C1. The largest absolute Gasteiger partial charge is 0.444 e. The summed E-state index contributed by atoms with van der Waals surface area (Å²) in [5.74, 6) is 0.785. The number of likely N-dealkylation sites (tertiary alicyclic amines) is 2. The molecule has 0 aromatic heterocycles. The van der Waals surface area contributed by atoms with Crippen molar-refractivity contribution in [1.29, 1.82) is 0 Å². The molecule has 4 heterocycles. The molecule has 2 aromatic rings. The molecule has 0 radical (unpaired) electrons. The quantitative estimate of drug-likeness (QED) is 0.469. The Balaban J connectivity index is 0.000000155. The lowest BCUT2D eigenvalue weighted by atomic mass is 9.98. The molecular formula is C30H40N4O4. The number of hydrogen-bond acceptors (Lipinski definition) is 6. The Morgan fingerprint density at radius 3 is 1.39 bits per heavy atom. The molecule has 2 fully saturated rings. The third-order valence-electron chi connectivity index (χ3n) is 7.35. The Labute approximate surface area is 225 Å². The standard InChI is InChI=1S/2C15H20N2O2/c2*1-15(2,3)19-14(18)17-8-11-10-6-4-5-7-12(10)16-13(11)9-17/h2*4-7,11,13,16H,8-9H2,1-3H3/t2*11-,13-/m10/s1. The van der Waals surface area contributed by atoms with E-state index in [0.717, 1.165) is 13.1 Å². The molecule has 0 saturated carbocycles. The van der Waals surface area contributed by atoms with E-state index in [0.29, 0.717) is 37.0 Å². The van der Waals surface area contributed by atoms with Gasteiger partial charge in [0.2, 0.25) is 0 Å². The number of carbonyl (C=O) groups excluding carboxylic acids is 2. The molecule has 8 heteroatoms. The third kappa shape index (κ3) is 5.54. The van der Waals surface area contributed by atoms with Crippen molar-refractivity contribution in [1.82, 2.24) is 9.80 Å². The molecule has 6 rings (SSSR count). The monoisotopic (exact) mass is 520 g/mol. The number of nitrogens with one attached hydrogen (secondary N) is 2. The number of hydrogen-bond donors (Lipinski definition) is 2. The van der Waals surface area contributed by atoms with Gasteiger partial charge >= 0.3 is 12.2 Å². The molecule has 4 aliphatic rings. The average molecular weight is 521 g/mol. The molecule has 0 bridgehead atoms. The summed E-state index contributed by atoms with van der Waals surface area (Å²) in [5, 5.41) is 6.99. The number of carbonyl (C=O) groups is 2. The van der Waals surface area contributed by atoms with E-state index in [1.807, 2.05) is 63.5 Å². The van der Waals surface area contributed by atoms with Crippen molar-refractivity contribution in [3.8, 4) is 0 Å². The predicted molar refractivity (Wildman–Crippen MR) is 149 cm³/mol. The second-order valence-corrected chi connectivity index (χ2v) is 12.7. The minimum Gasteiger partial charge on any atom is -0.444 e. The van der Waals surface area contributed by atoms with Crippen LogP contribution in [0.15, 0.2) is 48.5 Å². The Morgan fingerprint density at radius 2 is 1.03 bits per heavy atom. The van der Waals surface area contributed by atoms with Gasteiger partial charge in [0.15, 0.2) is 0 Å². The van der Waals surface area contributed by atoms with Crippen molar-refractivity contribution in [2.45, 2.75) is 76.7 Å². The van der Waals surface area contributed by atoms with Crippen LogP contribution in [0.3, 0.4) is 0 Å². The maximum Gasteiger partial charge on any atom is 0.410 e. The van der Waals surface area contributed by atoms with Crippen LogP contribution in [0, 0.1) is 0 Å². The lowest BCUT2D eigenvalue weighted by Crippen LogP contribution is -2.36. The van der Waals surface area contributed by atoms with Crippen LogP contribution < -0.4 is 10.6 Å². The van der Waals surface area contributed by atoms with Crippen molar-refractivity contribution < 1.29 is 19.1 Å². The normalized spacial score (nSPS) is 24.7. The minimum absolute atomic E-state index is 0.207. The highest BCUT2D eigenvalue weighted by Crippen LogP contribution is 2.41. The fraction of sp³-hybridized carbons (Fsp3) is 0.533. The number of amides is 2. The number of anilines is 2. The Bertz CT molecular complexity index is 1110. The summed E-state index contributed by atoms with van der Waals surface area (Å²) in [6.45, 7) is 14.3. The van der Waals surface area contributed by atoms with E-state index in [9.17, 15) is 9.59 Å². The van der Waals surface area contributed by atoms with Gasteiger partial charge < -0.3 is 29.9 Å². The first kappa shape index (κ1) is 26.2. The molecule has 204 valence electrons. The van der Waals surface area contributed by atoms with Crippen molar-refractivity contribution in [2.24, 2.45) is 0 Å². The molecule has 2 saturated heterocycles. The zero-order chi connectivity index (χ0) is 27.2. The number of nitrogens with zero attached hydrogens (tertiary/aromatic N) is 2. The van der Waals surface area contributed by atoms with Crippen molar-refractivity contribution in [2.75, 3.05) is 36.8 Å². The van der Waals surface area contributed by atoms with E-state index in [1.54, 1.807) is 0 Å². The van der Waals surface area contributed by atoms with Crippen molar-refractivity contribution >= 4 is 23.6 Å². The molecular weight excluding hydrogens is 480 g/mol. The molecule has 0 aliphatic carbocycles. The first-order valence-electron chi connectivity index (χ1n) is 13.5. The van der Waals surface area contributed by atoms with Crippen LogP contribution in [0.25, 0.3) is 0 Å². The molecule has 0 spiro atoms. The molecule has 0 unspecified atom stereocenters. The van der Waals surface area contributed by atoms with E-state index in [-0.39, 0.29) is 12.2 Å². The number of rotatable bonds is 0. The molecule has 8 nitrogen and oxygen atoms in total. The van der Waals surface area contributed by atoms with Crippen LogP contribution in [0.4, 0.5) is 21.0 Å². The summed E-state index contributed by atoms with van der Waals surface area (Å²) in [6, 6.07) is 17.3. The van der Waals surface area contributed by atoms with E-state index in [1.165, 1.54) is 22.5 Å². The van der Waals surface area contributed by atoms with Crippen LogP contribution in [0.5, 0.6) is 0 Å². The van der Waals surface area contributed by atoms with Crippen LogP contribution in [-0.2, 0) is 9.47 Å². The second kappa shape index (κ2) is 9.71. The van der Waals surface area contributed by atoms with Gasteiger partial charge in [0.25, 0.3) is 0 Å². The summed E-state index contributed by atoms with van der Waals surface area (Å²) < 4.78 is 10.9. The summed E-state index contributed by atoms with van der Waals surface area (Å²) in [5.41, 5.74) is 4.19. The minimum atomic E-state index is -0.430. The van der Waals surface area contributed by atoms with E-state index < -0.39 is 11.2 Å². The predicted octanol–water partition coefficient (Wildman–Crippen LogP) is 5.63. The fourth-order valence-corrected chi connectivity index (χ4v) is 5.78. The second-order valence-electron chi connectivity index (χ2n) is 12.7. The topological polar surface area (TPSA) is 83.1 Å². The van der Waals surface area contributed by atoms with Crippen LogP contribution in [0.2, 0.25) is 0 Å². The highest BCUT2D eigenvalue weighted by atomic mass is 16.6. The number of para-hydroxylation sites is 2. The third-order valence-corrected chi connectivity index (χ3v) is 7.35. The van der Waals surface area contributed by atoms with Gasteiger partial charge in [0.1, 0.15) is 11.2 Å². The first-order chi connectivity index (χ1) is 17.9. The van der Waals surface area contributed by atoms with Gasteiger partial charge in [-0.15, -0.1) is 0 Å². The molecule has 4 aliphatic heterocycles. The smallest absolute Gasteiger partial charge is 0.410 e. The highest BCUT2D eigenvalue weighted by molar-refractivity contribution is 5.71. The van der Waals surface area contributed by atoms with Gasteiger partial charge in [0.05, 0.1) is 12.1 Å². The average Bonchev–Trinajstić information content (AvgIpc) is 3.55. The van der Waals surface area contributed by atoms with Gasteiger partial charge in [-0.05, 0) is 64.8 Å².